The van der Waals surface area contributed by atoms with E-state index in [9.17, 15) is 4.79 Å². The first-order valence-electron chi connectivity index (χ1n) is 5.70. The Bertz CT molecular complexity index is 362. The Kier molecular flexibility index (Phi) is 5.48. The smallest absolute Gasteiger partial charge is 0.411 e. The van der Waals surface area contributed by atoms with E-state index < -0.39 is 6.09 Å². The standard InChI is InChI=1S/C13H18BrNO2/c1-9(2)8-10(3)17-13(16)15-12-6-4-11(14)5-7-12/h4-7,9-10H,8H2,1-3H3,(H,15,16)/t10-/m1/s1. The van der Waals surface area contributed by atoms with E-state index in [2.05, 4.69) is 35.1 Å². The molecule has 4 heteroatoms. The van der Waals surface area contributed by atoms with E-state index in [-0.39, 0.29) is 6.10 Å². The molecule has 1 aromatic carbocycles. The maximum atomic E-state index is 11.5. The third kappa shape index (κ3) is 5.73. The summed E-state index contributed by atoms with van der Waals surface area (Å²) < 4.78 is 6.21. The summed E-state index contributed by atoms with van der Waals surface area (Å²) in [5.41, 5.74) is 0.731. The molecule has 1 rings (SSSR count). The van der Waals surface area contributed by atoms with Gasteiger partial charge in [-0.15, -0.1) is 0 Å². The zero-order chi connectivity index (χ0) is 12.8. The predicted octanol–water partition coefficient (Wildman–Crippen LogP) is 4.43. The fourth-order valence-corrected chi connectivity index (χ4v) is 1.84. The van der Waals surface area contributed by atoms with Crippen LogP contribution in [-0.2, 0) is 4.74 Å². The van der Waals surface area contributed by atoms with Crippen molar-refractivity contribution in [2.24, 2.45) is 5.92 Å². The van der Waals surface area contributed by atoms with Crippen LogP contribution in [0.15, 0.2) is 28.7 Å². The Morgan fingerprint density at radius 2 is 1.88 bits per heavy atom. The molecule has 0 aliphatic rings. The van der Waals surface area contributed by atoms with Crippen molar-refractivity contribution in [1.82, 2.24) is 0 Å². The largest absolute Gasteiger partial charge is 0.446 e. The zero-order valence-electron chi connectivity index (χ0n) is 10.4. The monoisotopic (exact) mass is 299 g/mol. The van der Waals surface area contributed by atoms with Crippen LogP contribution in [0.3, 0.4) is 0 Å². The van der Waals surface area contributed by atoms with Gasteiger partial charge in [-0.3, -0.25) is 5.32 Å². The number of halogens is 1. The number of ether oxygens (including phenoxy) is 1. The van der Waals surface area contributed by atoms with Crippen LogP contribution in [0.2, 0.25) is 0 Å². The molecule has 0 fully saturated rings. The molecule has 1 aromatic rings. The van der Waals surface area contributed by atoms with Crippen molar-refractivity contribution in [3.63, 3.8) is 0 Å². The molecule has 0 unspecified atom stereocenters. The quantitative estimate of drug-likeness (QED) is 0.893. The predicted molar refractivity (Wildman–Crippen MR) is 73.2 cm³/mol. The highest BCUT2D eigenvalue weighted by Crippen LogP contribution is 2.15. The van der Waals surface area contributed by atoms with Gasteiger partial charge in [0.1, 0.15) is 6.10 Å². The number of anilines is 1. The van der Waals surface area contributed by atoms with Crippen LogP contribution in [0.4, 0.5) is 10.5 Å². The van der Waals surface area contributed by atoms with Gasteiger partial charge < -0.3 is 4.74 Å². The molecule has 0 heterocycles. The number of hydrogen-bond donors (Lipinski definition) is 1. The summed E-state index contributed by atoms with van der Waals surface area (Å²) in [7, 11) is 0. The molecule has 0 aliphatic heterocycles. The minimum Gasteiger partial charge on any atom is -0.446 e. The Labute approximate surface area is 111 Å². The van der Waals surface area contributed by atoms with Crippen molar-refractivity contribution in [3.8, 4) is 0 Å². The van der Waals surface area contributed by atoms with Crippen LogP contribution >= 0.6 is 15.9 Å². The van der Waals surface area contributed by atoms with Gasteiger partial charge in [0.15, 0.2) is 0 Å². The highest BCUT2D eigenvalue weighted by Gasteiger charge is 2.10. The van der Waals surface area contributed by atoms with Crippen molar-refractivity contribution in [2.75, 3.05) is 5.32 Å². The van der Waals surface area contributed by atoms with Crippen LogP contribution < -0.4 is 5.32 Å². The molecular formula is C13H18BrNO2. The second-order valence-corrected chi connectivity index (χ2v) is 5.39. The highest BCUT2D eigenvalue weighted by atomic mass is 79.9. The first-order valence-corrected chi connectivity index (χ1v) is 6.50. The first kappa shape index (κ1) is 14.0. The average molecular weight is 300 g/mol. The molecule has 0 saturated heterocycles. The summed E-state index contributed by atoms with van der Waals surface area (Å²) in [4.78, 5) is 11.5. The molecule has 3 nitrogen and oxygen atoms in total. The number of hydrogen-bond acceptors (Lipinski definition) is 2. The molecule has 1 atom stereocenters. The van der Waals surface area contributed by atoms with Gasteiger partial charge in [0, 0.05) is 10.2 Å². The minimum atomic E-state index is -0.402. The maximum Gasteiger partial charge on any atom is 0.411 e. The molecule has 1 N–H and O–H groups in total. The van der Waals surface area contributed by atoms with E-state index in [4.69, 9.17) is 4.74 Å². The van der Waals surface area contributed by atoms with Crippen molar-refractivity contribution >= 4 is 27.7 Å². The van der Waals surface area contributed by atoms with Gasteiger partial charge >= 0.3 is 6.09 Å². The van der Waals surface area contributed by atoms with Crippen LogP contribution in [-0.4, -0.2) is 12.2 Å². The fourth-order valence-electron chi connectivity index (χ4n) is 1.58. The van der Waals surface area contributed by atoms with Crippen LogP contribution in [0.5, 0.6) is 0 Å². The number of amides is 1. The molecule has 0 aromatic heterocycles. The van der Waals surface area contributed by atoms with E-state index in [1.165, 1.54) is 0 Å². The fraction of sp³-hybridized carbons (Fsp3) is 0.462. The first-order chi connectivity index (χ1) is 7.97. The zero-order valence-corrected chi connectivity index (χ0v) is 12.0. The van der Waals surface area contributed by atoms with Crippen molar-refractivity contribution < 1.29 is 9.53 Å². The Morgan fingerprint density at radius 1 is 1.29 bits per heavy atom. The van der Waals surface area contributed by atoms with Gasteiger partial charge in [0.2, 0.25) is 0 Å². The molecule has 0 radical (unpaired) electrons. The number of carbonyl (C=O) groups is 1. The van der Waals surface area contributed by atoms with E-state index in [0.717, 1.165) is 16.6 Å². The second kappa shape index (κ2) is 6.64. The summed E-state index contributed by atoms with van der Waals surface area (Å²) in [5, 5.41) is 2.69. The van der Waals surface area contributed by atoms with Crippen LogP contribution in [0.25, 0.3) is 0 Å². The van der Waals surface area contributed by atoms with Crippen molar-refractivity contribution in [1.29, 1.82) is 0 Å². The molecule has 17 heavy (non-hydrogen) atoms. The number of rotatable bonds is 4. The van der Waals surface area contributed by atoms with Crippen LogP contribution in [0.1, 0.15) is 27.2 Å². The lowest BCUT2D eigenvalue weighted by atomic mass is 10.1. The van der Waals surface area contributed by atoms with Crippen molar-refractivity contribution in [2.45, 2.75) is 33.3 Å². The lowest BCUT2D eigenvalue weighted by Gasteiger charge is -2.15. The molecule has 0 bridgehead atoms. The number of nitrogens with one attached hydrogen (secondary N) is 1. The third-order valence-electron chi connectivity index (χ3n) is 2.20. The molecule has 94 valence electrons. The molecule has 0 aliphatic carbocycles. The summed E-state index contributed by atoms with van der Waals surface area (Å²) >= 11 is 3.34. The molecule has 0 saturated carbocycles. The van der Waals surface area contributed by atoms with Crippen LogP contribution in [0, 0.1) is 5.92 Å². The Hall–Kier alpha value is -1.03. The lowest BCUT2D eigenvalue weighted by Crippen LogP contribution is -2.21. The molecule has 1 amide bonds. The van der Waals surface area contributed by atoms with E-state index >= 15 is 0 Å². The topological polar surface area (TPSA) is 38.3 Å². The SMILES string of the molecule is CC(C)C[C@@H](C)OC(=O)Nc1ccc(Br)cc1. The lowest BCUT2D eigenvalue weighted by molar-refractivity contribution is 0.108. The van der Waals surface area contributed by atoms with Gasteiger partial charge in [0.05, 0.1) is 0 Å². The van der Waals surface area contributed by atoms with E-state index in [1.54, 1.807) is 0 Å². The van der Waals surface area contributed by atoms with E-state index in [0.29, 0.717) is 5.92 Å². The normalized spacial score (nSPS) is 12.3. The minimum absolute atomic E-state index is 0.0644. The second-order valence-electron chi connectivity index (χ2n) is 4.48. The van der Waals surface area contributed by atoms with Gasteiger partial charge in [-0.1, -0.05) is 29.8 Å². The van der Waals surface area contributed by atoms with E-state index in [1.807, 2.05) is 31.2 Å². The van der Waals surface area contributed by atoms with Gasteiger partial charge in [-0.05, 0) is 43.5 Å². The Morgan fingerprint density at radius 3 is 2.41 bits per heavy atom. The Balaban J connectivity index is 2.41. The number of carbonyl (C=O) groups excluding carboxylic acids is 1. The summed E-state index contributed by atoms with van der Waals surface area (Å²) in [6, 6.07) is 7.37. The van der Waals surface area contributed by atoms with Gasteiger partial charge in [-0.25, -0.2) is 4.79 Å². The van der Waals surface area contributed by atoms with Gasteiger partial charge in [0.25, 0.3) is 0 Å². The number of benzene rings is 1. The average Bonchev–Trinajstić information content (AvgIpc) is 2.19. The van der Waals surface area contributed by atoms with Gasteiger partial charge in [-0.2, -0.15) is 0 Å². The molecular weight excluding hydrogens is 282 g/mol. The molecule has 0 spiro atoms. The third-order valence-corrected chi connectivity index (χ3v) is 2.73. The van der Waals surface area contributed by atoms with Crippen molar-refractivity contribution in [3.05, 3.63) is 28.7 Å². The maximum absolute atomic E-state index is 11.5. The summed E-state index contributed by atoms with van der Waals surface area (Å²) in [5.74, 6) is 0.519. The summed E-state index contributed by atoms with van der Waals surface area (Å²) in [6.07, 6.45) is 0.402. The highest BCUT2D eigenvalue weighted by molar-refractivity contribution is 9.10. The summed E-state index contributed by atoms with van der Waals surface area (Å²) in [6.45, 7) is 6.11.